The number of hydrogen-bond donors (Lipinski definition) is 2. The van der Waals surface area contributed by atoms with Crippen LogP contribution in [0.25, 0.3) is 0 Å². The minimum Gasteiger partial charge on any atom is -0.356 e. The van der Waals surface area contributed by atoms with Crippen LogP contribution in [0.3, 0.4) is 0 Å². The van der Waals surface area contributed by atoms with Gasteiger partial charge in [-0.2, -0.15) is 11.8 Å². The Kier molecular flexibility index (Phi) is 6.88. The fourth-order valence-corrected chi connectivity index (χ4v) is 3.09. The predicted octanol–water partition coefficient (Wildman–Crippen LogP) is 1.76. The van der Waals surface area contributed by atoms with Gasteiger partial charge in [0.15, 0.2) is 0 Å². The maximum atomic E-state index is 11.5. The third kappa shape index (κ3) is 6.38. The first-order chi connectivity index (χ1) is 7.68. The van der Waals surface area contributed by atoms with E-state index in [1.807, 2.05) is 18.7 Å². The highest BCUT2D eigenvalue weighted by molar-refractivity contribution is 7.99. The molecule has 0 radical (unpaired) electrons. The maximum Gasteiger partial charge on any atom is 0.220 e. The van der Waals surface area contributed by atoms with Gasteiger partial charge in [-0.1, -0.05) is 0 Å². The van der Waals surface area contributed by atoms with Crippen LogP contribution in [0.4, 0.5) is 0 Å². The average Bonchev–Trinajstić information content (AvgIpc) is 2.27. The SMILES string of the molecule is CC(N)CCCC(=O)NCC1CCSCC1. The number of hydrogen-bond acceptors (Lipinski definition) is 3. The molecule has 3 nitrogen and oxygen atoms in total. The van der Waals surface area contributed by atoms with Crippen molar-refractivity contribution in [2.24, 2.45) is 11.7 Å². The first-order valence-electron chi connectivity index (χ1n) is 6.28. The van der Waals surface area contributed by atoms with Crippen molar-refractivity contribution in [3.05, 3.63) is 0 Å². The molecule has 1 atom stereocenters. The molecule has 0 bridgehead atoms. The molecule has 4 heteroatoms. The second kappa shape index (κ2) is 7.96. The maximum absolute atomic E-state index is 11.5. The molecule has 1 rings (SSSR count). The Morgan fingerprint density at radius 2 is 2.19 bits per heavy atom. The number of rotatable bonds is 6. The zero-order chi connectivity index (χ0) is 11.8. The van der Waals surface area contributed by atoms with E-state index in [-0.39, 0.29) is 11.9 Å². The van der Waals surface area contributed by atoms with Gasteiger partial charge in [0.1, 0.15) is 0 Å². The Balaban J connectivity index is 2.00. The lowest BCUT2D eigenvalue weighted by atomic mass is 10.0. The summed E-state index contributed by atoms with van der Waals surface area (Å²) in [6, 6.07) is 0.211. The van der Waals surface area contributed by atoms with Crippen LogP contribution >= 0.6 is 11.8 Å². The van der Waals surface area contributed by atoms with E-state index in [0.717, 1.165) is 19.4 Å². The van der Waals surface area contributed by atoms with Crippen LogP contribution in [0.5, 0.6) is 0 Å². The lowest BCUT2D eigenvalue weighted by molar-refractivity contribution is -0.121. The zero-order valence-corrected chi connectivity index (χ0v) is 11.0. The monoisotopic (exact) mass is 244 g/mol. The van der Waals surface area contributed by atoms with Crippen LogP contribution in [0, 0.1) is 5.92 Å². The summed E-state index contributed by atoms with van der Waals surface area (Å²) in [6.07, 6.45) is 4.98. The second-order valence-electron chi connectivity index (χ2n) is 4.73. The molecule has 0 aromatic heterocycles. The normalized spacial score (nSPS) is 19.4. The number of nitrogens with one attached hydrogen (secondary N) is 1. The minimum atomic E-state index is 0.193. The van der Waals surface area contributed by atoms with E-state index >= 15 is 0 Å². The van der Waals surface area contributed by atoms with Gasteiger partial charge in [-0.05, 0) is 50.0 Å². The summed E-state index contributed by atoms with van der Waals surface area (Å²) in [5.41, 5.74) is 5.64. The molecule has 0 aromatic rings. The summed E-state index contributed by atoms with van der Waals surface area (Å²) in [4.78, 5) is 11.5. The van der Waals surface area contributed by atoms with E-state index in [9.17, 15) is 4.79 Å². The molecule has 1 fully saturated rings. The van der Waals surface area contributed by atoms with Crippen LogP contribution in [0.15, 0.2) is 0 Å². The Morgan fingerprint density at radius 1 is 1.50 bits per heavy atom. The van der Waals surface area contributed by atoms with Gasteiger partial charge in [0.05, 0.1) is 0 Å². The van der Waals surface area contributed by atoms with Crippen LogP contribution in [0.1, 0.15) is 39.0 Å². The largest absolute Gasteiger partial charge is 0.356 e. The quantitative estimate of drug-likeness (QED) is 0.748. The van der Waals surface area contributed by atoms with Gasteiger partial charge in [-0.3, -0.25) is 4.79 Å². The lowest BCUT2D eigenvalue weighted by Gasteiger charge is -2.21. The van der Waals surface area contributed by atoms with Gasteiger partial charge in [-0.15, -0.1) is 0 Å². The van der Waals surface area contributed by atoms with Gasteiger partial charge < -0.3 is 11.1 Å². The first kappa shape index (κ1) is 13.8. The number of carbonyl (C=O) groups excluding carboxylic acids is 1. The highest BCUT2D eigenvalue weighted by atomic mass is 32.2. The molecule has 1 aliphatic rings. The van der Waals surface area contributed by atoms with Crippen LogP contribution in [-0.2, 0) is 4.79 Å². The summed E-state index contributed by atoms with van der Waals surface area (Å²) in [6.45, 7) is 2.86. The van der Waals surface area contributed by atoms with Gasteiger partial charge >= 0.3 is 0 Å². The van der Waals surface area contributed by atoms with Crippen LogP contribution < -0.4 is 11.1 Å². The molecule has 0 spiro atoms. The molecule has 16 heavy (non-hydrogen) atoms. The van der Waals surface area contributed by atoms with Crippen molar-refractivity contribution in [2.75, 3.05) is 18.1 Å². The third-order valence-corrected chi connectivity index (χ3v) is 4.04. The fraction of sp³-hybridized carbons (Fsp3) is 0.917. The smallest absolute Gasteiger partial charge is 0.220 e. The molecule has 94 valence electrons. The Hall–Kier alpha value is -0.220. The predicted molar refractivity (Wildman–Crippen MR) is 70.6 cm³/mol. The van der Waals surface area contributed by atoms with Crippen LogP contribution in [0.2, 0.25) is 0 Å². The van der Waals surface area contributed by atoms with Gasteiger partial charge in [0, 0.05) is 19.0 Å². The van der Waals surface area contributed by atoms with Crippen molar-refractivity contribution < 1.29 is 4.79 Å². The van der Waals surface area contributed by atoms with Crippen molar-refractivity contribution in [3.63, 3.8) is 0 Å². The van der Waals surface area contributed by atoms with Crippen molar-refractivity contribution >= 4 is 17.7 Å². The highest BCUT2D eigenvalue weighted by Gasteiger charge is 2.14. The summed E-state index contributed by atoms with van der Waals surface area (Å²) in [5.74, 6) is 3.41. The summed E-state index contributed by atoms with van der Waals surface area (Å²) >= 11 is 2.02. The molecule has 1 unspecified atom stereocenters. The van der Waals surface area contributed by atoms with Crippen molar-refractivity contribution in [3.8, 4) is 0 Å². The number of carbonyl (C=O) groups is 1. The highest BCUT2D eigenvalue weighted by Crippen LogP contribution is 2.21. The van der Waals surface area contributed by atoms with E-state index in [4.69, 9.17) is 5.73 Å². The fourth-order valence-electron chi connectivity index (χ4n) is 1.88. The summed E-state index contributed by atoms with van der Waals surface area (Å²) < 4.78 is 0. The molecule has 1 aliphatic heterocycles. The molecule has 3 N–H and O–H groups in total. The molecule has 1 amide bonds. The van der Waals surface area contributed by atoms with Gasteiger partial charge in [0.25, 0.3) is 0 Å². The van der Waals surface area contributed by atoms with Crippen molar-refractivity contribution in [1.29, 1.82) is 0 Å². The van der Waals surface area contributed by atoms with E-state index in [0.29, 0.717) is 12.3 Å². The van der Waals surface area contributed by atoms with Crippen molar-refractivity contribution in [2.45, 2.75) is 45.1 Å². The topological polar surface area (TPSA) is 55.1 Å². The zero-order valence-electron chi connectivity index (χ0n) is 10.2. The number of thioether (sulfide) groups is 1. The summed E-state index contributed by atoms with van der Waals surface area (Å²) in [5, 5.41) is 3.04. The molecule has 0 saturated carbocycles. The van der Waals surface area contributed by atoms with Crippen LogP contribution in [-0.4, -0.2) is 30.0 Å². The van der Waals surface area contributed by atoms with Gasteiger partial charge in [-0.25, -0.2) is 0 Å². The molecule has 0 aliphatic carbocycles. The third-order valence-electron chi connectivity index (χ3n) is 2.99. The summed E-state index contributed by atoms with van der Waals surface area (Å²) in [7, 11) is 0. The van der Waals surface area contributed by atoms with E-state index in [1.165, 1.54) is 24.3 Å². The van der Waals surface area contributed by atoms with Gasteiger partial charge in [0.2, 0.25) is 5.91 Å². The lowest BCUT2D eigenvalue weighted by Crippen LogP contribution is -2.31. The molecule has 1 saturated heterocycles. The molecular formula is C12H24N2OS. The van der Waals surface area contributed by atoms with E-state index < -0.39 is 0 Å². The standard InChI is InChI=1S/C12H24N2OS/c1-10(13)3-2-4-12(15)14-9-11-5-7-16-8-6-11/h10-11H,2-9,13H2,1H3,(H,14,15). The Bertz CT molecular complexity index is 203. The number of nitrogens with two attached hydrogens (primary N) is 1. The minimum absolute atomic E-state index is 0.193. The second-order valence-corrected chi connectivity index (χ2v) is 5.95. The number of amides is 1. The van der Waals surface area contributed by atoms with E-state index in [1.54, 1.807) is 0 Å². The Labute approximate surface area is 103 Å². The Morgan fingerprint density at radius 3 is 2.81 bits per heavy atom. The molecule has 0 aromatic carbocycles. The molecular weight excluding hydrogens is 220 g/mol. The average molecular weight is 244 g/mol. The molecule has 1 heterocycles. The first-order valence-corrected chi connectivity index (χ1v) is 7.44. The van der Waals surface area contributed by atoms with E-state index in [2.05, 4.69) is 5.32 Å². The van der Waals surface area contributed by atoms with Crippen molar-refractivity contribution in [1.82, 2.24) is 5.32 Å².